The molecule has 1 atom stereocenters. The average molecular weight is 245 g/mol. The second kappa shape index (κ2) is 4.63. The highest BCUT2D eigenvalue weighted by Crippen LogP contribution is 2.35. The van der Waals surface area contributed by atoms with E-state index in [0.717, 1.165) is 23.4 Å². The van der Waals surface area contributed by atoms with Gasteiger partial charge in [-0.05, 0) is 37.0 Å². The number of hydrogen-bond acceptors (Lipinski definition) is 2. The molecule has 1 saturated carbocycles. The van der Waals surface area contributed by atoms with E-state index in [4.69, 9.17) is 4.74 Å². The van der Waals surface area contributed by atoms with Crippen LogP contribution in [-0.2, 0) is 4.79 Å². The van der Waals surface area contributed by atoms with Crippen LogP contribution in [0.25, 0.3) is 0 Å². The summed E-state index contributed by atoms with van der Waals surface area (Å²) in [4.78, 5) is 12.0. The highest BCUT2D eigenvalue weighted by atomic mass is 16.5. The van der Waals surface area contributed by atoms with Crippen LogP contribution < -0.4 is 10.1 Å². The second-order valence-electron chi connectivity index (χ2n) is 5.48. The third-order valence-corrected chi connectivity index (χ3v) is 3.98. The largest absolute Gasteiger partial charge is 0.478 e. The summed E-state index contributed by atoms with van der Waals surface area (Å²) in [5, 5.41) is 2.96. The standard InChI is InChI=1S/C15H19NO2/c1-10-6-7-13-12(8-10)16-15(17)14(18-13)9-11-4-2-3-5-11/h6-8,11,14H,2-5,9H2,1H3,(H,16,17). The van der Waals surface area contributed by atoms with Crippen molar-refractivity contribution in [3.63, 3.8) is 0 Å². The van der Waals surface area contributed by atoms with Gasteiger partial charge in [0.15, 0.2) is 6.10 Å². The van der Waals surface area contributed by atoms with Crippen molar-refractivity contribution in [1.82, 2.24) is 0 Å². The Morgan fingerprint density at radius 1 is 1.33 bits per heavy atom. The lowest BCUT2D eigenvalue weighted by Crippen LogP contribution is -2.38. The topological polar surface area (TPSA) is 38.3 Å². The van der Waals surface area contributed by atoms with Gasteiger partial charge in [0.2, 0.25) is 0 Å². The lowest BCUT2D eigenvalue weighted by molar-refractivity contribution is -0.124. The molecule has 1 N–H and O–H groups in total. The van der Waals surface area contributed by atoms with Crippen molar-refractivity contribution in [1.29, 1.82) is 0 Å². The molecule has 1 aromatic carbocycles. The number of anilines is 1. The van der Waals surface area contributed by atoms with Crippen molar-refractivity contribution in [2.75, 3.05) is 5.32 Å². The van der Waals surface area contributed by atoms with Crippen LogP contribution in [0, 0.1) is 12.8 Å². The number of amides is 1. The fraction of sp³-hybridized carbons (Fsp3) is 0.533. The Morgan fingerprint density at radius 2 is 2.11 bits per heavy atom. The second-order valence-corrected chi connectivity index (χ2v) is 5.48. The van der Waals surface area contributed by atoms with Gasteiger partial charge in [0.05, 0.1) is 5.69 Å². The van der Waals surface area contributed by atoms with E-state index in [1.807, 2.05) is 25.1 Å². The third-order valence-electron chi connectivity index (χ3n) is 3.98. The van der Waals surface area contributed by atoms with Gasteiger partial charge in [-0.25, -0.2) is 0 Å². The van der Waals surface area contributed by atoms with Crippen LogP contribution in [0.2, 0.25) is 0 Å². The third kappa shape index (κ3) is 2.22. The molecular weight excluding hydrogens is 226 g/mol. The smallest absolute Gasteiger partial charge is 0.265 e. The molecule has 1 aromatic rings. The number of nitrogens with one attached hydrogen (secondary N) is 1. The first kappa shape index (κ1) is 11.6. The molecule has 1 aliphatic carbocycles. The van der Waals surface area contributed by atoms with Crippen molar-refractivity contribution >= 4 is 11.6 Å². The number of fused-ring (bicyclic) bond motifs is 1. The molecule has 3 rings (SSSR count). The molecule has 1 fully saturated rings. The fourth-order valence-electron chi connectivity index (χ4n) is 2.97. The summed E-state index contributed by atoms with van der Waals surface area (Å²) in [6.07, 6.45) is 5.65. The van der Waals surface area contributed by atoms with Crippen molar-refractivity contribution < 1.29 is 9.53 Å². The molecular formula is C15H19NO2. The number of hydrogen-bond donors (Lipinski definition) is 1. The zero-order valence-electron chi connectivity index (χ0n) is 10.7. The van der Waals surface area contributed by atoms with Crippen LogP contribution in [-0.4, -0.2) is 12.0 Å². The van der Waals surface area contributed by atoms with E-state index >= 15 is 0 Å². The van der Waals surface area contributed by atoms with Crippen molar-refractivity contribution in [3.05, 3.63) is 23.8 Å². The van der Waals surface area contributed by atoms with Crippen molar-refractivity contribution in [2.24, 2.45) is 5.92 Å². The molecule has 1 heterocycles. The number of aryl methyl sites for hydroxylation is 1. The Hall–Kier alpha value is -1.51. The summed E-state index contributed by atoms with van der Waals surface area (Å²) in [6.45, 7) is 2.01. The average Bonchev–Trinajstić information content (AvgIpc) is 2.83. The molecule has 1 amide bonds. The van der Waals surface area contributed by atoms with E-state index < -0.39 is 0 Å². The number of benzene rings is 1. The summed E-state index contributed by atoms with van der Waals surface area (Å²) in [5.41, 5.74) is 1.94. The maximum absolute atomic E-state index is 12.0. The predicted octanol–water partition coefficient (Wildman–Crippen LogP) is 3.27. The minimum Gasteiger partial charge on any atom is -0.478 e. The zero-order valence-corrected chi connectivity index (χ0v) is 10.7. The minimum atomic E-state index is -0.302. The highest BCUT2D eigenvalue weighted by molar-refractivity contribution is 5.97. The van der Waals surface area contributed by atoms with Gasteiger partial charge in [0, 0.05) is 0 Å². The zero-order chi connectivity index (χ0) is 12.5. The van der Waals surface area contributed by atoms with E-state index in [0.29, 0.717) is 5.92 Å². The van der Waals surface area contributed by atoms with Gasteiger partial charge < -0.3 is 10.1 Å². The van der Waals surface area contributed by atoms with Crippen LogP contribution in [0.4, 0.5) is 5.69 Å². The van der Waals surface area contributed by atoms with Crippen LogP contribution in [0.3, 0.4) is 0 Å². The number of rotatable bonds is 2. The van der Waals surface area contributed by atoms with Gasteiger partial charge >= 0.3 is 0 Å². The lowest BCUT2D eigenvalue weighted by Gasteiger charge is -2.27. The molecule has 1 aliphatic heterocycles. The van der Waals surface area contributed by atoms with Gasteiger partial charge in [0.1, 0.15) is 5.75 Å². The van der Waals surface area contributed by atoms with E-state index in [-0.39, 0.29) is 12.0 Å². The maximum Gasteiger partial charge on any atom is 0.265 e. The molecule has 18 heavy (non-hydrogen) atoms. The molecule has 3 heteroatoms. The Bertz CT molecular complexity index is 464. The van der Waals surface area contributed by atoms with Crippen LogP contribution in [0.5, 0.6) is 5.75 Å². The number of carbonyl (C=O) groups is 1. The molecule has 96 valence electrons. The molecule has 0 aromatic heterocycles. The van der Waals surface area contributed by atoms with Crippen molar-refractivity contribution in [2.45, 2.75) is 45.1 Å². The summed E-state index contributed by atoms with van der Waals surface area (Å²) >= 11 is 0. The first-order valence-electron chi connectivity index (χ1n) is 6.80. The van der Waals surface area contributed by atoms with E-state index in [1.54, 1.807) is 0 Å². The first-order chi connectivity index (χ1) is 8.72. The Labute approximate surface area is 108 Å². The summed E-state index contributed by atoms with van der Waals surface area (Å²) in [5.74, 6) is 1.48. The van der Waals surface area contributed by atoms with Gasteiger partial charge in [-0.3, -0.25) is 4.79 Å². The molecule has 0 radical (unpaired) electrons. The Balaban J connectivity index is 1.74. The van der Waals surface area contributed by atoms with E-state index in [9.17, 15) is 4.79 Å². The molecule has 1 unspecified atom stereocenters. The Kier molecular flexibility index (Phi) is 2.98. The predicted molar refractivity (Wildman–Crippen MR) is 70.8 cm³/mol. The van der Waals surface area contributed by atoms with Gasteiger partial charge in [-0.2, -0.15) is 0 Å². The monoisotopic (exact) mass is 245 g/mol. The van der Waals surface area contributed by atoms with E-state index in [2.05, 4.69) is 5.32 Å². The van der Waals surface area contributed by atoms with E-state index in [1.165, 1.54) is 25.7 Å². The van der Waals surface area contributed by atoms with Gasteiger partial charge in [0.25, 0.3) is 5.91 Å². The number of carbonyl (C=O) groups excluding carboxylic acids is 1. The maximum atomic E-state index is 12.0. The molecule has 0 bridgehead atoms. The molecule has 0 saturated heterocycles. The molecule has 2 aliphatic rings. The van der Waals surface area contributed by atoms with Gasteiger partial charge in [-0.15, -0.1) is 0 Å². The highest BCUT2D eigenvalue weighted by Gasteiger charge is 2.30. The first-order valence-corrected chi connectivity index (χ1v) is 6.80. The van der Waals surface area contributed by atoms with Crippen LogP contribution >= 0.6 is 0 Å². The van der Waals surface area contributed by atoms with Crippen LogP contribution in [0.15, 0.2) is 18.2 Å². The van der Waals surface area contributed by atoms with Crippen LogP contribution in [0.1, 0.15) is 37.7 Å². The normalized spacial score (nSPS) is 23.4. The molecule has 0 spiro atoms. The summed E-state index contributed by atoms with van der Waals surface area (Å²) in [7, 11) is 0. The number of ether oxygens (including phenoxy) is 1. The quantitative estimate of drug-likeness (QED) is 0.868. The Morgan fingerprint density at radius 3 is 2.89 bits per heavy atom. The lowest BCUT2D eigenvalue weighted by atomic mass is 9.98. The fourth-order valence-corrected chi connectivity index (χ4v) is 2.97. The van der Waals surface area contributed by atoms with Gasteiger partial charge in [-0.1, -0.05) is 31.7 Å². The molecule has 3 nitrogen and oxygen atoms in total. The minimum absolute atomic E-state index is 0.0139. The summed E-state index contributed by atoms with van der Waals surface area (Å²) in [6, 6.07) is 5.92. The van der Waals surface area contributed by atoms with Crippen molar-refractivity contribution in [3.8, 4) is 5.75 Å². The SMILES string of the molecule is Cc1ccc2c(c1)NC(=O)C(CC1CCCC1)O2. The summed E-state index contributed by atoms with van der Waals surface area (Å²) < 4.78 is 5.85.